The highest BCUT2D eigenvalue weighted by Crippen LogP contribution is 2.32. The number of anilines is 2. The molecule has 35 heavy (non-hydrogen) atoms. The van der Waals surface area contributed by atoms with E-state index >= 15 is 0 Å². The van der Waals surface area contributed by atoms with E-state index in [1.807, 2.05) is 13.8 Å². The van der Waals surface area contributed by atoms with Crippen LogP contribution in [0, 0.1) is 0 Å². The summed E-state index contributed by atoms with van der Waals surface area (Å²) in [6, 6.07) is 17.3. The number of carbonyl (C=O) groups excluding carboxylic acids is 1. The Kier molecular flexibility index (Phi) is 8.48. The summed E-state index contributed by atoms with van der Waals surface area (Å²) in [6.45, 7) is 3.32. The van der Waals surface area contributed by atoms with Crippen molar-refractivity contribution < 1.29 is 27.4 Å². The van der Waals surface area contributed by atoms with Crippen LogP contribution in [0.15, 0.2) is 71.6 Å². The second kappa shape index (κ2) is 11.3. The number of ether oxygens (including phenoxy) is 3. The van der Waals surface area contributed by atoms with Crippen LogP contribution in [0.1, 0.15) is 13.8 Å². The quantitative estimate of drug-likeness (QED) is 0.407. The topological polar surface area (TPSA) is 94.2 Å². The van der Waals surface area contributed by atoms with E-state index in [9.17, 15) is 13.2 Å². The summed E-state index contributed by atoms with van der Waals surface area (Å²) in [5.74, 6) is 0.679. The second-order valence-corrected chi connectivity index (χ2v) is 10.0. The van der Waals surface area contributed by atoms with Crippen molar-refractivity contribution in [2.24, 2.45) is 0 Å². The molecule has 1 amide bonds. The van der Waals surface area contributed by atoms with Gasteiger partial charge in [-0.15, -0.1) is 0 Å². The van der Waals surface area contributed by atoms with Crippen LogP contribution in [0.2, 0.25) is 5.02 Å². The molecule has 1 N–H and O–H groups in total. The molecule has 0 aliphatic carbocycles. The van der Waals surface area contributed by atoms with Crippen LogP contribution in [0.25, 0.3) is 0 Å². The summed E-state index contributed by atoms with van der Waals surface area (Å²) in [4.78, 5) is 12.9. The molecule has 0 spiro atoms. The average molecular weight is 519 g/mol. The standard InChI is InChI=1S/C25H27ClN2O6S/c1-17(2)34-21-7-5-6-19(14-21)27-25(29)16-28(20-10-8-18(26)9-11-20)35(30,31)22-12-13-23(32-3)24(15-22)33-4/h5-15,17H,16H2,1-4H3,(H,27,29). The lowest BCUT2D eigenvalue weighted by atomic mass is 10.3. The fraction of sp³-hybridized carbons (Fsp3) is 0.240. The van der Waals surface area contributed by atoms with Crippen molar-refractivity contribution in [3.63, 3.8) is 0 Å². The Morgan fingerprint density at radius 1 is 0.971 bits per heavy atom. The molecule has 0 heterocycles. The van der Waals surface area contributed by atoms with Crippen LogP contribution < -0.4 is 23.8 Å². The summed E-state index contributed by atoms with van der Waals surface area (Å²) < 4.78 is 44.4. The summed E-state index contributed by atoms with van der Waals surface area (Å²) in [5.41, 5.74) is 0.754. The number of carbonyl (C=O) groups is 1. The maximum atomic E-state index is 13.6. The molecule has 3 rings (SSSR count). The van der Waals surface area contributed by atoms with Gasteiger partial charge in [-0.3, -0.25) is 9.10 Å². The van der Waals surface area contributed by atoms with Crippen molar-refractivity contribution in [3.05, 3.63) is 71.8 Å². The van der Waals surface area contributed by atoms with Crippen molar-refractivity contribution in [2.45, 2.75) is 24.8 Å². The number of nitrogens with one attached hydrogen (secondary N) is 1. The fourth-order valence-corrected chi connectivity index (χ4v) is 4.84. The SMILES string of the molecule is COc1ccc(S(=O)(=O)N(CC(=O)Nc2cccc(OC(C)C)c2)c2ccc(Cl)cc2)cc1OC. The number of amides is 1. The van der Waals surface area contributed by atoms with E-state index in [0.717, 1.165) is 4.31 Å². The lowest BCUT2D eigenvalue weighted by molar-refractivity contribution is -0.114. The van der Waals surface area contributed by atoms with E-state index in [4.69, 9.17) is 25.8 Å². The van der Waals surface area contributed by atoms with Gasteiger partial charge in [0.25, 0.3) is 10.0 Å². The van der Waals surface area contributed by atoms with Gasteiger partial charge in [0.15, 0.2) is 11.5 Å². The first-order valence-electron chi connectivity index (χ1n) is 10.7. The monoisotopic (exact) mass is 518 g/mol. The van der Waals surface area contributed by atoms with Gasteiger partial charge in [0.05, 0.1) is 30.9 Å². The zero-order chi connectivity index (χ0) is 25.6. The van der Waals surface area contributed by atoms with Gasteiger partial charge >= 0.3 is 0 Å². The van der Waals surface area contributed by atoms with Crippen LogP contribution in [0.3, 0.4) is 0 Å². The Morgan fingerprint density at radius 3 is 2.29 bits per heavy atom. The molecule has 3 aromatic carbocycles. The lowest BCUT2D eigenvalue weighted by Gasteiger charge is -2.24. The molecule has 0 unspecified atom stereocenters. The Labute approximate surface area is 210 Å². The van der Waals surface area contributed by atoms with Crippen molar-refractivity contribution in [2.75, 3.05) is 30.4 Å². The third-order valence-corrected chi connectivity index (χ3v) is 6.86. The van der Waals surface area contributed by atoms with E-state index in [2.05, 4.69) is 5.32 Å². The number of halogens is 1. The largest absolute Gasteiger partial charge is 0.493 e. The molecular formula is C25H27ClN2O6S. The molecule has 0 aromatic heterocycles. The molecule has 0 aliphatic heterocycles. The smallest absolute Gasteiger partial charge is 0.264 e. The molecule has 0 atom stereocenters. The average Bonchev–Trinajstić information content (AvgIpc) is 2.82. The molecule has 0 fully saturated rings. The zero-order valence-electron chi connectivity index (χ0n) is 19.8. The maximum absolute atomic E-state index is 13.6. The summed E-state index contributed by atoms with van der Waals surface area (Å²) >= 11 is 5.99. The molecule has 0 saturated carbocycles. The first kappa shape index (κ1) is 26.2. The summed E-state index contributed by atoms with van der Waals surface area (Å²) in [6.07, 6.45) is -0.0343. The molecule has 0 radical (unpaired) electrons. The third kappa shape index (κ3) is 6.58. The van der Waals surface area contributed by atoms with Crippen LogP contribution in [-0.4, -0.2) is 41.2 Å². The molecule has 0 saturated heterocycles. The lowest BCUT2D eigenvalue weighted by Crippen LogP contribution is -2.38. The fourth-order valence-electron chi connectivity index (χ4n) is 3.28. The molecule has 10 heteroatoms. The normalized spacial score (nSPS) is 11.1. The number of hydrogen-bond acceptors (Lipinski definition) is 6. The molecule has 186 valence electrons. The van der Waals surface area contributed by atoms with Gasteiger partial charge in [0.2, 0.25) is 5.91 Å². The molecule has 8 nitrogen and oxygen atoms in total. The number of benzene rings is 3. The predicted molar refractivity (Wildman–Crippen MR) is 136 cm³/mol. The van der Waals surface area contributed by atoms with Gasteiger partial charge in [0.1, 0.15) is 12.3 Å². The van der Waals surface area contributed by atoms with E-state index in [1.54, 1.807) is 36.4 Å². The van der Waals surface area contributed by atoms with Gasteiger partial charge < -0.3 is 19.5 Å². The highest BCUT2D eigenvalue weighted by Gasteiger charge is 2.28. The van der Waals surface area contributed by atoms with Crippen LogP contribution >= 0.6 is 11.6 Å². The van der Waals surface area contributed by atoms with Crippen molar-refractivity contribution in [3.8, 4) is 17.2 Å². The van der Waals surface area contributed by atoms with Crippen molar-refractivity contribution in [1.29, 1.82) is 0 Å². The number of sulfonamides is 1. The summed E-state index contributed by atoms with van der Waals surface area (Å²) in [7, 11) is -1.30. The highest BCUT2D eigenvalue weighted by molar-refractivity contribution is 7.92. The molecule has 0 aliphatic rings. The number of nitrogens with zero attached hydrogens (tertiary/aromatic N) is 1. The van der Waals surface area contributed by atoms with Gasteiger partial charge in [0, 0.05) is 22.8 Å². The van der Waals surface area contributed by atoms with E-state index < -0.39 is 22.5 Å². The predicted octanol–water partition coefficient (Wildman–Crippen LogP) is 4.98. The number of hydrogen-bond donors (Lipinski definition) is 1. The number of rotatable bonds is 10. The Hall–Kier alpha value is -3.43. The van der Waals surface area contributed by atoms with Crippen molar-refractivity contribution in [1.82, 2.24) is 0 Å². The van der Waals surface area contributed by atoms with E-state index in [0.29, 0.717) is 22.2 Å². The summed E-state index contributed by atoms with van der Waals surface area (Å²) in [5, 5.41) is 3.17. The first-order chi connectivity index (χ1) is 16.6. The third-order valence-electron chi connectivity index (χ3n) is 4.83. The highest BCUT2D eigenvalue weighted by atomic mass is 35.5. The van der Waals surface area contributed by atoms with Crippen LogP contribution in [0.5, 0.6) is 17.2 Å². The van der Waals surface area contributed by atoms with Crippen LogP contribution in [0.4, 0.5) is 11.4 Å². The van der Waals surface area contributed by atoms with Gasteiger partial charge in [-0.05, 0) is 62.4 Å². The van der Waals surface area contributed by atoms with Crippen molar-refractivity contribution >= 4 is 38.9 Å². The van der Waals surface area contributed by atoms with Gasteiger partial charge in [-0.25, -0.2) is 8.42 Å². The Balaban J connectivity index is 1.93. The minimum Gasteiger partial charge on any atom is -0.493 e. The van der Waals surface area contributed by atoms with E-state index in [1.165, 1.54) is 44.6 Å². The van der Waals surface area contributed by atoms with E-state index in [-0.39, 0.29) is 22.4 Å². The minimum absolute atomic E-state index is 0.0343. The maximum Gasteiger partial charge on any atom is 0.264 e. The van der Waals surface area contributed by atoms with Gasteiger partial charge in [-0.1, -0.05) is 17.7 Å². The second-order valence-electron chi connectivity index (χ2n) is 7.75. The van der Waals surface area contributed by atoms with Gasteiger partial charge in [-0.2, -0.15) is 0 Å². The minimum atomic E-state index is -4.17. The Morgan fingerprint density at radius 2 is 1.66 bits per heavy atom. The molecule has 3 aromatic rings. The Bertz CT molecular complexity index is 1280. The molecule has 0 bridgehead atoms. The zero-order valence-corrected chi connectivity index (χ0v) is 21.4. The first-order valence-corrected chi connectivity index (χ1v) is 12.5. The molecular weight excluding hydrogens is 492 g/mol. The van der Waals surface area contributed by atoms with Crippen LogP contribution in [-0.2, 0) is 14.8 Å². The number of methoxy groups -OCH3 is 2.